The smallest absolute Gasteiger partial charge is 0.235 e. The molecule has 1 spiro atoms. The molecule has 3 saturated carbocycles. The number of fused-ring (bicyclic) bond motifs is 1. The van der Waals surface area contributed by atoms with E-state index in [1.165, 1.54) is 19.3 Å². The van der Waals surface area contributed by atoms with Crippen molar-refractivity contribution in [1.29, 1.82) is 0 Å². The second kappa shape index (κ2) is 7.03. The minimum Gasteiger partial charge on any atom is -0.326 e. The minimum atomic E-state index is 0.0220. The summed E-state index contributed by atoms with van der Waals surface area (Å²) in [5.41, 5.74) is 11.1. The average molecular weight is 450 g/mol. The Morgan fingerprint density at radius 3 is 2.81 bits per heavy atom. The predicted molar refractivity (Wildman–Crippen MR) is 125 cm³/mol. The van der Waals surface area contributed by atoms with E-state index >= 15 is 0 Å². The molecular weight excluding hydrogens is 422 g/mol. The molecule has 3 aromatic rings. The molecule has 2 heterocycles. The summed E-state index contributed by atoms with van der Waals surface area (Å²) in [5.74, 6) is 3.51. The Bertz CT molecular complexity index is 1250. The van der Waals surface area contributed by atoms with Crippen LogP contribution in [-0.4, -0.2) is 20.5 Å². The number of hydrogen-bond acceptors (Lipinski definition) is 4. The summed E-state index contributed by atoms with van der Waals surface area (Å²) >= 11 is 6.54. The van der Waals surface area contributed by atoms with Crippen LogP contribution in [0.2, 0.25) is 5.02 Å². The molecule has 7 heteroatoms. The second-order valence-electron chi connectivity index (χ2n) is 10.1. The van der Waals surface area contributed by atoms with Crippen molar-refractivity contribution in [3.63, 3.8) is 0 Å². The first kappa shape index (κ1) is 20.2. The van der Waals surface area contributed by atoms with E-state index in [2.05, 4.69) is 22.4 Å². The van der Waals surface area contributed by atoms with Gasteiger partial charge in [0.05, 0.1) is 0 Å². The fourth-order valence-corrected chi connectivity index (χ4v) is 7.39. The highest BCUT2D eigenvalue weighted by atomic mass is 35.5. The zero-order valence-corrected chi connectivity index (χ0v) is 19.2. The third-order valence-electron chi connectivity index (χ3n) is 8.66. The number of hydrogen-bond donors (Lipinski definition) is 2. The Labute approximate surface area is 192 Å². The van der Waals surface area contributed by atoms with E-state index in [0.717, 1.165) is 40.0 Å². The molecule has 2 aromatic heterocycles. The van der Waals surface area contributed by atoms with E-state index in [0.29, 0.717) is 40.9 Å². The van der Waals surface area contributed by atoms with Crippen LogP contribution in [0, 0.1) is 36.0 Å². The number of anilines is 1. The lowest BCUT2D eigenvalue weighted by Gasteiger charge is -2.44. The van der Waals surface area contributed by atoms with Crippen molar-refractivity contribution in [2.45, 2.75) is 46.1 Å². The molecule has 3 aliphatic carbocycles. The van der Waals surface area contributed by atoms with Crippen LogP contribution in [0.1, 0.15) is 43.7 Å². The highest BCUT2D eigenvalue weighted by Crippen LogP contribution is 2.81. The van der Waals surface area contributed by atoms with E-state index in [1.807, 2.05) is 41.8 Å². The molecule has 3 aliphatic rings. The standard InChI is InChI=1S/C25H28ClN5O/c1-13-3-4-17(21(26)7-13)18-12-31-22(8-16(18)11-27)29-30-24(31)28-23(32)9-15-10-25-14(2)19(25)5-6-20(15)25/h3-4,7-8,12,14-15,19-20H,5-6,9-11,27H2,1-2H3,(H,28,30,32)/t14-,15?,19?,20?,25?/m0/s1. The third kappa shape index (κ3) is 2.78. The molecule has 3 N–H and O–H groups in total. The molecule has 0 aliphatic heterocycles. The summed E-state index contributed by atoms with van der Waals surface area (Å²) in [6.07, 6.45) is 6.36. The molecule has 166 valence electrons. The van der Waals surface area contributed by atoms with E-state index in [-0.39, 0.29) is 5.91 Å². The maximum absolute atomic E-state index is 12.9. The van der Waals surface area contributed by atoms with Crippen LogP contribution in [0.15, 0.2) is 30.5 Å². The largest absolute Gasteiger partial charge is 0.326 e. The van der Waals surface area contributed by atoms with Gasteiger partial charge in [-0.1, -0.05) is 30.7 Å². The number of rotatable bonds is 5. The number of carbonyl (C=O) groups excluding carboxylic acids is 1. The van der Waals surface area contributed by atoms with Crippen LogP contribution in [-0.2, 0) is 11.3 Å². The quantitative estimate of drug-likeness (QED) is 0.584. The Morgan fingerprint density at radius 2 is 2.06 bits per heavy atom. The zero-order valence-electron chi connectivity index (χ0n) is 18.4. The van der Waals surface area contributed by atoms with Gasteiger partial charge in [-0.2, -0.15) is 0 Å². The molecule has 1 amide bonds. The summed E-state index contributed by atoms with van der Waals surface area (Å²) in [4.78, 5) is 12.9. The first-order valence-corrected chi connectivity index (χ1v) is 11.9. The lowest BCUT2D eigenvalue weighted by atomic mass is 9.60. The lowest BCUT2D eigenvalue weighted by Crippen LogP contribution is -2.40. The van der Waals surface area contributed by atoms with Crippen molar-refractivity contribution in [3.8, 4) is 11.1 Å². The minimum absolute atomic E-state index is 0.0220. The third-order valence-corrected chi connectivity index (χ3v) is 8.97. The van der Waals surface area contributed by atoms with Gasteiger partial charge in [0.15, 0.2) is 5.65 Å². The normalized spacial score (nSPS) is 30.0. The van der Waals surface area contributed by atoms with Crippen LogP contribution in [0.3, 0.4) is 0 Å². The first-order valence-electron chi connectivity index (χ1n) is 11.6. The second-order valence-corrected chi connectivity index (χ2v) is 10.5. The van der Waals surface area contributed by atoms with Crippen LogP contribution in [0.5, 0.6) is 0 Å². The zero-order chi connectivity index (χ0) is 22.2. The van der Waals surface area contributed by atoms with E-state index in [4.69, 9.17) is 17.3 Å². The van der Waals surface area contributed by atoms with Crippen molar-refractivity contribution in [1.82, 2.24) is 14.6 Å². The van der Waals surface area contributed by atoms with Crippen LogP contribution in [0.4, 0.5) is 5.95 Å². The SMILES string of the molecule is Cc1ccc(-c2cn3c(NC(=O)CC4CC56C4CCC5[C@@H]6C)nnc3cc2CN)c(Cl)c1. The summed E-state index contributed by atoms with van der Waals surface area (Å²) in [7, 11) is 0. The molecule has 4 unspecified atom stereocenters. The molecular formula is C25H28ClN5O. The van der Waals surface area contributed by atoms with Crippen molar-refractivity contribution in [2.24, 2.45) is 34.8 Å². The molecule has 5 atom stereocenters. The summed E-state index contributed by atoms with van der Waals surface area (Å²) in [6.45, 7) is 4.76. The molecule has 0 saturated heterocycles. The highest BCUT2D eigenvalue weighted by molar-refractivity contribution is 6.33. The number of amides is 1. The van der Waals surface area contributed by atoms with E-state index in [1.54, 1.807) is 0 Å². The molecule has 3 fully saturated rings. The Morgan fingerprint density at radius 1 is 1.25 bits per heavy atom. The van der Waals surface area contributed by atoms with Crippen molar-refractivity contribution >= 4 is 29.1 Å². The number of halogens is 1. The van der Waals surface area contributed by atoms with Crippen LogP contribution < -0.4 is 11.1 Å². The molecule has 6 nitrogen and oxygen atoms in total. The lowest BCUT2D eigenvalue weighted by molar-refractivity contribution is -0.119. The van der Waals surface area contributed by atoms with Gasteiger partial charge in [0.2, 0.25) is 11.9 Å². The number of pyridine rings is 1. The van der Waals surface area contributed by atoms with Crippen molar-refractivity contribution in [2.75, 3.05) is 5.32 Å². The van der Waals surface area contributed by atoms with Gasteiger partial charge in [-0.3, -0.25) is 14.5 Å². The topological polar surface area (TPSA) is 85.3 Å². The number of aryl methyl sites for hydroxylation is 1. The Balaban J connectivity index is 1.25. The maximum Gasteiger partial charge on any atom is 0.235 e. The molecule has 0 bridgehead atoms. The van der Waals surface area contributed by atoms with Gasteiger partial charge in [-0.25, -0.2) is 0 Å². The van der Waals surface area contributed by atoms with Gasteiger partial charge in [-0.15, -0.1) is 10.2 Å². The summed E-state index contributed by atoms with van der Waals surface area (Å²) < 4.78 is 1.82. The van der Waals surface area contributed by atoms with Crippen molar-refractivity contribution < 1.29 is 4.79 Å². The molecule has 1 aromatic carbocycles. The van der Waals surface area contributed by atoms with Crippen molar-refractivity contribution in [3.05, 3.63) is 46.6 Å². The number of benzene rings is 1. The number of nitrogens with one attached hydrogen (secondary N) is 1. The van der Waals surface area contributed by atoms with Gasteiger partial charge in [0, 0.05) is 35.3 Å². The predicted octanol–water partition coefficient (Wildman–Crippen LogP) is 4.83. The number of nitrogens with zero attached hydrogens (tertiary/aromatic N) is 3. The number of carbonyl (C=O) groups is 1. The van der Waals surface area contributed by atoms with E-state index < -0.39 is 0 Å². The molecule has 6 rings (SSSR count). The Hall–Kier alpha value is -2.44. The van der Waals surface area contributed by atoms with Crippen LogP contribution >= 0.6 is 11.6 Å². The van der Waals surface area contributed by atoms with Gasteiger partial charge >= 0.3 is 0 Å². The van der Waals surface area contributed by atoms with Gasteiger partial charge in [0.25, 0.3) is 0 Å². The fraction of sp³-hybridized carbons (Fsp3) is 0.480. The van der Waals surface area contributed by atoms with Crippen LogP contribution in [0.25, 0.3) is 16.8 Å². The Kier molecular flexibility index (Phi) is 4.43. The fourth-order valence-electron chi connectivity index (χ4n) is 7.05. The van der Waals surface area contributed by atoms with E-state index in [9.17, 15) is 4.79 Å². The highest BCUT2D eigenvalue weighted by Gasteiger charge is 2.75. The monoisotopic (exact) mass is 449 g/mol. The molecule has 0 radical (unpaired) electrons. The summed E-state index contributed by atoms with van der Waals surface area (Å²) in [6, 6.07) is 7.88. The number of aromatic nitrogens is 3. The molecule has 32 heavy (non-hydrogen) atoms. The summed E-state index contributed by atoms with van der Waals surface area (Å²) in [5, 5.41) is 12.2. The van der Waals surface area contributed by atoms with Gasteiger partial charge in [0.1, 0.15) is 0 Å². The van der Waals surface area contributed by atoms with Gasteiger partial charge in [-0.05, 0) is 78.5 Å². The average Bonchev–Trinajstić information content (AvgIpc) is 3.04. The maximum atomic E-state index is 12.9. The first-order chi connectivity index (χ1) is 15.4. The van der Waals surface area contributed by atoms with Gasteiger partial charge < -0.3 is 5.73 Å². The number of nitrogens with two attached hydrogens (primary N) is 1.